The zero-order valence-corrected chi connectivity index (χ0v) is 11.5. The Labute approximate surface area is 111 Å². The largest absolute Gasteiger partial charge is 0.478 e. The van der Waals surface area contributed by atoms with Gasteiger partial charge in [-0.05, 0) is 6.07 Å². The maximum atomic E-state index is 11.3. The zero-order chi connectivity index (χ0) is 14.2. The third kappa shape index (κ3) is 2.50. The molecular weight excluding hydrogens is 242 g/mol. The molecule has 5 nitrogen and oxygen atoms in total. The first-order valence-corrected chi connectivity index (χ1v) is 6.05. The van der Waals surface area contributed by atoms with Crippen molar-refractivity contribution in [2.45, 2.75) is 26.2 Å². The molecule has 0 amide bonds. The van der Waals surface area contributed by atoms with Gasteiger partial charge in [0.05, 0.1) is 5.56 Å². The van der Waals surface area contributed by atoms with E-state index in [9.17, 15) is 9.90 Å². The molecule has 5 heteroatoms. The van der Waals surface area contributed by atoms with Gasteiger partial charge in [-0.25, -0.2) is 14.5 Å². The molecule has 0 saturated heterocycles. The number of carboxylic acid groups (broad SMARTS) is 1. The Balaban J connectivity index is 2.60. The van der Waals surface area contributed by atoms with Crippen LogP contribution in [0, 0.1) is 0 Å². The number of benzene rings is 1. The lowest BCUT2D eigenvalue weighted by Gasteiger charge is -2.12. The Morgan fingerprint density at radius 1 is 1.26 bits per heavy atom. The van der Waals surface area contributed by atoms with E-state index in [0.29, 0.717) is 17.2 Å². The molecule has 1 N–H and O–H groups in total. The summed E-state index contributed by atoms with van der Waals surface area (Å²) in [5.41, 5.74) is 0.646. The van der Waals surface area contributed by atoms with Gasteiger partial charge in [0.25, 0.3) is 0 Å². The lowest BCUT2D eigenvalue weighted by atomic mass is 9.96. The lowest BCUT2D eigenvalue weighted by Crippen LogP contribution is -2.13. The second-order valence-corrected chi connectivity index (χ2v) is 5.48. The van der Waals surface area contributed by atoms with E-state index >= 15 is 0 Å². The van der Waals surface area contributed by atoms with Crippen LogP contribution in [0.2, 0.25) is 0 Å². The molecule has 1 aromatic carbocycles. The van der Waals surface area contributed by atoms with Crippen LogP contribution in [0.15, 0.2) is 24.3 Å². The highest BCUT2D eigenvalue weighted by Gasteiger charge is 2.23. The minimum Gasteiger partial charge on any atom is -0.478 e. The molecule has 19 heavy (non-hydrogen) atoms. The number of hydrogen-bond acceptors (Lipinski definition) is 3. The molecule has 1 heterocycles. The van der Waals surface area contributed by atoms with Crippen molar-refractivity contribution >= 4 is 5.97 Å². The van der Waals surface area contributed by atoms with E-state index in [-0.39, 0.29) is 11.0 Å². The van der Waals surface area contributed by atoms with Crippen molar-refractivity contribution < 1.29 is 9.90 Å². The SMILES string of the molecule is Cn1nc(C(C)(C)C)nc1-c1ccccc1C(=O)O. The summed E-state index contributed by atoms with van der Waals surface area (Å²) in [5.74, 6) is 0.309. The first kappa shape index (κ1) is 13.3. The molecule has 1 aromatic heterocycles. The fourth-order valence-electron chi connectivity index (χ4n) is 1.80. The molecule has 2 aromatic rings. The second-order valence-electron chi connectivity index (χ2n) is 5.48. The molecule has 0 radical (unpaired) electrons. The third-order valence-electron chi connectivity index (χ3n) is 2.83. The van der Waals surface area contributed by atoms with Crippen LogP contribution in [0.3, 0.4) is 0 Å². The van der Waals surface area contributed by atoms with Crippen molar-refractivity contribution in [1.82, 2.24) is 14.8 Å². The van der Waals surface area contributed by atoms with Gasteiger partial charge >= 0.3 is 5.97 Å². The quantitative estimate of drug-likeness (QED) is 0.899. The third-order valence-corrected chi connectivity index (χ3v) is 2.83. The number of nitrogens with zero attached hydrogens (tertiary/aromatic N) is 3. The Hall–Kier alpha value is -2.17. The predicted octanol–water partition coefficient (Wildman–Crippen LogP) is 2.48. The summed E-state index contributed by atoms with van der Waals surface area (Å²) < 4.78 is 1.63. The van der Waals surface area contributed by atoms with Gasteiger partial charge in [0.1, 0.15) is 0 Å². The van der Waals surface area contributed by atoms with E-state index < -0.39 is 5.97 Å². The summed E-state index contributed by atoms with van der Waals surface area (Å²) >= 11 is 0. The van der Waals surface area contributed by atoms with Crippen LogP contribution < -0.4 is 0 Å². The van der Waals surface area contributed by atoms with Crippen LogP contribution in [0.25, 0.3) is 11.4 Å². The summed E-state index contributed by atoms with van der Waals surface area (Å²) in [6, 6.07) is 6.82. The van der Waals surface area contributed by atoms with Crippen molar-refractivity contribution in [2.24, 2.45) is 7.05 Å². The highest BCUT2D eigenvalue weighted by Crippen LogP contribution is 2.25. The highest BCUT2D eigenvalue weighted by molar-refractivity contribution is 5.94. The summed E-state index contributed by atoms with van der Waals surface area (Å²) in [6.45, 7) is 6.07. The van der Waals surface area contributed by atoms with E-state index in [1.54, 1.807) is 36.0 Å². The molecule has 0 unspecified atom stereocenters. The molecule has 0 spiro atoms. The molecule has 0 aliphatic carbocycles. The first-order valence-electron chi connectivity index (χ1n) is 6.05. The van der Waals surface area contributed by atoms with Gasteiger partial charge in [-0.3, -0.25) is 0 Å². The summed E-state index contributed by atoms with van der Waals surface area (Å²) in [4.78, 5) is 15.7. The van der Waals surface area contributed by atoms with Crippen molar-refractivity contribution in [2.75, 3.05) is 0 Å². The van der Waals surface area contributed by atoms with Gasteiger partial charge in [-0.1, -0.05) is 39.0 Å². The summed E-state index contributed by atoms with van der Waals surface area (Å²) in [5, 5.41) is 13.6. The van der Waals surface area contributed by atoms with E-state index in [0.717, 1.165) is 0 Å². The minimum atomic E-state index is -0.962. The summed E-state index contributed by atoms with van der Waals surface area (Å²) in [7, 11) is 1.77. The monoisotopic (exact) mass is 259 g/mol. The number of rotatable bonds is 2. The van der Waals surface area contributed by atoms with Gasteiger partial charge in [0.15, 0.2) is 11.6 Å². The second kappa shape index (κ2) is 4.50. The number of aryl methyl sites for hydroxylation is 1. The van der Waals surface area contributed by atoms with Crippen molar-refractivity contribution in [3.8, 4) is 11.4 Å². The van der Waals surface area contributed by atoms with Crippen LogP contribution in [0.4, 0.5) is 0 Å². The molecule has 100 valence electrons. The molecule has 0 aliphatic heterocycles. The van der Waals surface area contributed by atoms with Crippen molar-refractivity contribution in [3.63, 3.8) is 0 Å². The normalized spacial score (nSPS) is 11.6. The van der Waals surface area contributed by atoms with Crippen LogP contribution in [-0.2, 0) is 12.5 Å². The molecule has 0 fully saturated rings. The van der Waals surface area contributed by atoms with Crippen LogP contribution in [0.1, 0.15) is 37.0 Å². The lowest BCUT2D eigenvalue weighted by molar-refractivity contribution is 0.0697. The zero-order valence-electron chi connectivity index (χ0n) is 11.5. The maximum Gasteiger partial charge on any atom is 0.336 e. The first-order chi connectivity index (χ1) is 8.80. The number of hydrogen-bond donors (Lipinski definition) is 1. The van der Waals surface area contributed by atoms with Gasteiger partial charge < -0.3 is 5.11 Å². The minimum absolute atomic E-state index is 0.172. The van der Waals surface area contributed by atoms with Crippen molar-refractivity contribution in [1.29, 1.82) is 0 Å². The predicted molar refractivity (Wildman–Crippen MR) is 72.1 cm³/mol. The molecule has 0 atom stereocenters. The van der Waals surface area contributed by atoms with E-state index in [1.807, 2.05) is 20.8 Å². The Kier molecular flexibility index (Phi) is 3.14. The molecule has 0 aliphatic rings. The van der Waals surface area contributed by atoms with Gasteiger partial charge in [0, 0.05) is 18.0 Å². The Morgan fingerprint density at radius 2 is 1.89 bits per heavy atom. The molecule has 2 rings (SSSR count). The van der Waals surface area contributed by atoms with Crippen molar-refractivity contribution in [3.05, 3.63) is 35.7 Å². The fraction of sp³-hybridized carbons (Fsp3) is 0.357. The van der Waals surface area contributed by atoms with Gasteiger partial charge in [0.2, 0.25) is 0 Å². The van der Waals surface area contributed by atoms with Gasteiger partial charge in [-0.2, -0.15) is 5.10 Å². The summed E-state index contributed by atoms with van der Waals surface area (Å²) in [6.07, 6.45) is 0. The molecule has 0 saturated carbocycles. The average Bonchev–Trinajstić information content (AvgIpc) is 2.71. The van der Waals surface area contributed by atoms with Crippen LogP contribution in [-0.4, -0.2) is 25.8 Å². The number of carbonyl (C=O) groups is 1. The average molecular weight is 259 g/mol. The molecule has 0 bridgehead atoms. The van der Waals surface area contributed by atoms with E-state index in [4.69, 9.17) is 0 Å². The fourth-order valence-corrected chi connectivity index (χ4v) is 1.80. The van der Waals surface area contributed by atoms with Crippen LogP contribution in [0.5, 0.6) is 0 Å². The Morgan fingerprint density at radius 3 is 2.42 bits per heavy atom. The maximum absolute atomic E-state index is 11.3. The number of aromatic carboxylic acids is 1. The number of aromatic nitrogens is 3. The number of carboxylic acids is 1. The van der Waals surface area contributed by atoms with E-state index in [2.05, 4.69) is 10.1 Å². The van der Waals surface area contributed by atoms with Gasteiger partial charge in [-0.15, -0.1) is 0 Å². The Bertz CT molecular complexity index is 624. The highest BCUT2D eigenvalue weighted by atomic mass is 16.4. The topological polar surface area (TPSA) is 68.0 Å². The van der Waals surface area contributed by atoms with Crippen LogP contribution >= 0.6 is 0 Å². The molecular formula is C14H17N3O2. The van der Waals surface area contributed by atoms with E-state index in [1.165, 1.54) is 0 Å². The smallest absolute Gasteiger partial charge is 0.336 e. The standard InChI is InChI=1S/C14H17N3O2/c1-14(2,3)13-15-11(17(4)16-13)9-7-5-6-8-10(9)12(18)19/h5-8H,1-4H3,(H,18,19).